The van der Waals surface area contributed by atoms with E-state index in [1.807, 2.05) is 45.9 Å². The van der Waals surface area contributed by atoms with E-state index in [9.17, 15) is 26.4 Å². The monoisotopic (exact) mass is 855 g/mol. The van der Waals surface area contributed by atoms with Crippen LogP contribution in [0.2, 0.25) is 0 Å². The highest BCUT2D eigenvalue weighted by atomic mass is 32.2. The van der Waals surface area contributed by atoms with E-state index in [1.54, 1.807) is 43.6 Å². The predicted octanol–water partition coefficient (Wildman–Crippen LogP) is 8.24. The number of ether oxygens (including phenoxy) is 6. The van der Waals surface area contributed by atoms with Crippen molar-refractivity contribution in [2.24, 2.45) is 0 Å². The number of halogens is 3. The molecule has 14 nitrogen and oxygen atoms in total. The highest BCUT2D eigenvalue weighted by Gasteiger charge is 2.31. The lowest BCUT2D eigenvalue weighted by Crippen LogP contribution is -2.18. The third-order valence-electron chi connectivity index (χ3n) is 8.76. The molecule has 5 rings (SSSR count). The molecule has 1 aromatic heterocycles. The maximum atomic E-state index is 13.8. The van der Waals surface area contributed by atoms with E-state index in [1.165, 1.54) is 13.2 Å². The molecule has 5 aromatic rings. The number of alkyl halides is 3. The number of hydrogen-bond donors (Lipinski definition) is 3. The molecule has 0 aliphatic heterocycles. The van der Waals surface area contributed by atoms with Gasteiger partial charge in [0.2, 0.25) is 16.0 Å². The fourth-order valence-corrected chi connectivity index (χ4v) is 6.46. The van der Waals surface area contributed by atoms with E-state index in [0.717, 1.165) is 40.6 Å². The number of aromatic nitrogens is 2. The minimum absolute atomic E-state index is 0.0563. The van der Waals surface area contributed by atoms with E-state index in [2.05, 4.69) is 30.1 Å². The Morgan fingerprint density at radius 2 is 1.50 bits per heavy atom. The van der Waals surface area contributed by atoms with Crippen molar-refractivity contribution in [1.29, 1.82) is 0 Å². The summed E-state index contributed by atoms with van der Waals surface area (Å²) in [5.74, 6) is -0.582. The van der Waals surface area contributed by atoms with Crippen LogP contribution in [0.25, 0.3) is 22.0 Å². The number of carbonyl (C=O) groups excluding carboxylic acids is 1. The first-order valence-corrected chi connectivity index (χ1v) is 20.6. The molecule has 3 N–H and O–H groups in total. The number of carbonyl (C=O) groups is 1. The molecule has 1 amide bonds. The van der Waals surface area contributed by atoms with Gasteiger partial charge in [-0.05, 0) is 71.0 Å². The van der Waals surface area contributed by atoms with Crippen LogP contribution in [-0.4, -0.2) is 90.8 Å². The average Bonchev–Trinajstić information content (AvgIpc) is 3.15. The van der Waals surface area contributed by atoms with Crippen LogP contribution < -0.4 is 29.6 Å². The van der Waals surface area contributed by atoms with Crippen molar-refractivity contribution in [2.45, 2.75) is 39.5 Å². The van der Waals surface area contributed by atoms with Crippen molar-refractivity contribution >= 4 is 49.8 Å². The number of fused-ring (bicyclic) bond motifs is 1. The zero-order valence-electron chi connectivity index (χ0n) is 34.3. The van der Waals surface area contributed by atoms with Crippen molar-refractivity contribution in [3.05, 3.63) is 89.6 Å². The van der Waals surface area contributed by atoms with Crippen molar-refractivity contribution < 1.29 is 54.8 Å². The molecule has 0 saturated carbocycles. The third-order valence-corrected chi connectivity index (χ3v) is 9.35. The van der Waals surface area contributed by atoms with Gasteiger partial charge in [0.15, 0.2) is 5.75 Å². The number of rotatable bonds is 19. The zero-order valence-corrected chi connectivity index (χ0v) is 35.1. The SMILES string of the molecule is COCCOCCOCCOc1cc(Nc2ncc3cc(-c4cc(C(=O)Nc5cc(C(C)(C)C)cc(NS(C)(=O)=O)c5OC)ccc4C)ccc3n2)cc(OC(F)(F)F)c1. The normalized spacial score (nSPS) is 12.0. The lowest BCUT2D eigenvalue weighted by atomic mass is 9.86. The van der Waals surface area contributed by atoms with Gasteiger partial charge in [0.05, 0.1) is 63.3 Å². The van der Waals surface area contributed by atoms with E-state index in [0.29, 0.717) is 48.6 Å². The highest BCUT2D eigenvalue weighted by Crippen LogP contribution is 2.40. The lowest BCUT2D eigenvalue weighted by molar-refractivity contribution is -0.274. The van der Waals surface area contributed by atoms with Crippen molar-refractivity contribution in [3.8, 4) is 28.4 Å². The zero-order chi connectivity index (χ0) is 43.7. The van der Waals surface area contributed by atoms with E-state index < -0.39 is 28.0 Å². The quantitative estimate of drug-likeness (QED) is 0.0682. The second-order valence-corrected chi connectivity index (χ2v) is 16.4. The molecule has 0 aliphatic rings. The Balaban J connectivity index is 1.33. The molecule has 322 valence electrons. The first kappa shape index (κ1) is 45.4. The van der Waals surface area contributed by atoms with Gasteiger partial charge in [-0.25, -0.2) is 18.4 Å². The number of nitrogens with one attached hydrogen (secondary N) is 3. The Morgan fingerprint density at radius 3 is 2.17 bits per heavy atom. The Labute approximate surface area is 346 Å². The molecule has 0 unspecified atom stereocenters. The Bertz CT molecular complexity index is 2410. The van der Waals surface area contributed by atoms with Crippen molar-refractivity contribution in [1.82, 2.24) is 9.97 Å². The van der Waals surface area contributed by atoms with Gasteiger partial charge in [-0.3, -0.25) is 9.52 Å². The van der Waals surface area contributed by atoms with Crippen LogP contribution in [0.4, 0.5) is 36.2 Å². The number of aryl methyl sites for hydroxylation is 1. The second-order valence-electron chi connectivity index (χ2n) is 14.6. The van der Waals surface area contributed by atoms with Crippen LogP contribution in [0.1, 0.15) is 42.3 Å². The molecule has 60 heavy (non-hydrogen) atoms. The molecule has 1 heterocycles. The topological polar surface area (TPSA) is 168 Å². The number of nitrogens with zero attached hydrogens (tertiary/aromatic N) is 2. The maximum Gasteiger partial charge on any atom is 0.573 e. The number of sulfonamides is 1. The number of amides is 1. The fourth-order valence-electron chi connectivity index (χ4n) is 5.91. The summed E-state index contributed by atoms with van der Waals surface area (Å²) in [6, 6.07) is 17.9. The molecule has 0 fully saturated rings. The van der Waals surface area contributed by atoms with Crippen LogP contribution in [0.15, 0.2) is 72.9 Å². The molecule has 0 aliphatic carbocycles. The van der Waals surface area contributed by atoms with E-state index in [4.69, 9.17) is 23.7 Å². The minimum atomic E-state index is -4.93. The number of anilines is 4. The summed E-state index contributed by atoms with van der Waals surface area (Å²) in [5.41, 5.74) is 4.34. The van der Waals surface area contributed by atoms with Crippen LogP contribution in [0, 0.1) is 6.92 Å². The van der Waals surface area contributed by atoms with Crippen LogP contribution >= 0.6 is 0 Å². The van der Waals surface area contributed by atoms with Gasteiger partial charge in [0.25, 0.3) is 5.91 Å². The van der Waals surface area contributed by atoms with E-state index in [-0.39, 0.29) is 47.5 Å². The number of methoxy groups -OCH3 is 2. The largest absolute Gasteiger partial charge is 0.573 e. The van der Waals surface area contributed by atoms with Gasteiger partial charge < -0.3 is 39.1 Å². The van der Waals surface area contributed by atoms with Crippen LogP contribution in [-0.2, 0) is 29.6 Å². The molecular formula is C42H48F3N5O9S. The van der Waals surface area contributed by atoms with Gasteiger partial charge in [0.1, 0.15) is 18.1 Å². The summed E-state index contributed by atoms with van der Waals surface area (Å²) in [7, 11) is -0.704. The molecule has 0 atom stereocenters. The first-order chi connectivity index (χ1) is 28.3. The maximum absolute atomic E-state index is 13.8. The highest BCUT2D eigenvalue weighted by molar-refractivity contribution is 7.92. The van der Waals surface area contributed by atoms with Crippen LogP contribution in [0.3, 0.4) is 0 Å². The predicted molar refractivity (Wildman–Crippen MR) is 223 cm³/mol. The van der Waals surface area contributed by atoms with Gasteiger partial charge >= 0.3 is 6.36 Å². The molecule has 4 aromatic carbocycles. The Kier molecular flexibility index (Phi) is 14.8. The summed E-state index contributed by atoms with van der Waals surface area (Å²) < 4.78 is 97.5. The number of benzene rings is 4. The van der Waals surface area contributed by atoms with Gasteiger partial charge in [-0.1, -0.05) is 32.9 Å². The fraction of sp³-hybridized carbons (Fsp3) is 0.357. The minimum Gasteiger partial charge on any atom is -0.492 e. The molecule has 0 spiro atoms. The van der Waals surface area contributed by atoms with Crippen LogP contribution in [0.5, 0.6) is 17.2 Å². The summed E-state index contributed by atoms with van der Waals surface area (Å²) in [6.07, 6.45) is -2.33. The van der Waals surface area contributed by atoms with Crippen molar-refractivity contribution in [2.75, 3.05) is 75.5 Å². The van der Waals surface area contributed by atoms with Crippen molar-refractivity contribution in [3.63, 3.8) is 0 Å². The summed E-state index contributed by atoms with van der Waals surface area (Å²) >= 11 is 0. The smallest absolute Gasteiger partial charge is 0.492 e. The lowest BCUT2D eigenvalue weighted by Gasteiger charge is -2.24. The molecule has 0 radical (unpaired) electrons. The molecular weight excluding hydrogens is 808 g/mol. The first-order valence-electron chi connectivity index (χ1n) is 18.7. The molecule has 0 saturated heterocycles. The molecule has 0 bridgehead atoms. The van der Waals surface area contributed by atoms with E-state index >= 15 is 0 Å². The summed E-state index contributed by atoms with van der Waals surface area (Å²) in [5, 5.41) is 6.49. The standard InChI is InChI=1S/C42H48F3N5O9S/c1-26-8-9-28(39(51)48-36-20-30(41(2,3)4)21-37(38(36)55-6)50-60(7,52)53)19-34(26)27-10-11-35-29(18-27)25-46-40(49-35)47-31-22-32(24-33(23-31)59-42(43,44)45)58-17-16-57-15-14-56-13-12-54-5/h8-11,18-25,50H,12-17H2,1-7H3,(H,48,51)(H,46,47,49). The van der Waals surface area contributed by atoms with Gasteiger partial charge in [-0.2, -0.15) is 0 Å². The Hall–Kier alpha value is -5.69. The Morgan fingerprint density at radius 1 is 0.817 bits per heavy atom. The number of hydrogen-bond acceptors (Lipinski definition) is 12. The third kappa shape index (κ3) is 13.2. The molecule has 18 heteroatoms. The van der Waals surface area contributed by atoms with Gasteiger partial charge in [-0.15, -0.1) is 13.2 Å². The summed E-state index contributed by atoms with van der Waals surface area (Å²) in [6.45, 7) is 9.59. The second kappa shape index (κ2) is 19.6. The summed E-state index contributed by atoms with van der Waals surface area (Å²) in [4.78, 5) is 22.7. The van der Waals surface area contributed by atoms with Gasteiger partial charge in [0, 0.05) is 48.1 Å². The average molecular weight is 856 g/mol.